The molecule has 7 nitrogen and oxygen atoms in total. The molecule has 0 spiro atoms. The predicted octanol–water partition coefficient (Wildman–Crippen LogP) is 4.41. The van der Waals surface area contributed by atoms with Gasteiger partial charge in [-0.05, 0) is 58.3 Å². The van der Waals surface area contributed by atoms with Crippen LogP contribution in [0.5, 0.6) is 0 Å². The van der Waals surface area contributed by atoms with Crippen molar-refractivity contribution in [2.75, 3.05) is 6.61 Å². The van der Waals surface area contributed by atoms with Crippen LogP contribution in [0.4, 0.5) is 26.3 Å². The summed E-state index contributed by atoms with van der Waals surface area (Å²) in [6.07, 6.45) is -9.58. The Morgan fingerprint density at radius 2 is 1.44 bits per heavy atom. The molecular formula is C22H27F6IO7. The number of rotatable bonds is 7. The van der Waals surface area contributed by atoms with E-state index in [1.54, 1.807) is 13.8 Å². The number of carbonyl (C=O) groups excluding carboxylic acids is 3. The Kier molecular flexibility index (Phi) is 7.44. The second kappa shape index (κ2) is 9.16. The Bertz CT molecular complexity index is 886. The first-order chi connectivity index (χ1) is 16.2. The van der Waals surface area contributed by atoms with Gasteiger partial charge < -0.3 is 19.3 Å². The van der Waals surface area contributed by atoms with Crippen LogP contribution in [0.2, 0.25) is 0 Å². The molecule has 4 bridgehead atoms. The Morgan fingerprint density at radius 1 is 0.944 bits per heavy atom. The molecule has 4 saturated carbocycles. The molecule has 0 aliphatic heterocycles. The molecule has 206 valence electrons. The van der Waals surface area contributed by atoms with E-state index in [0.29, 0.717) is 38.5 Å². The summed E-state index contributed by atoms with van der Waals surface area (Å²) in [5.74, 6) is -5.11. The third-order valence-electron chi connectivity index (χ3n) is 7.92. The van der Waals surface area contributed by atoms with Crippen LogP contribution >= 0.6 is 22.6 Å². The molecule has 0 aromatic carbocycles. The predicted molar refractivity (Wildman–Crippen MR) is 118 cm³/mol. The first kappa shape index (κ1) is 29.2. The van der Waals surface area contributed by atoms with Gasteiger partial charge in [-0.2, -0.15) is 26.3 Å². The molecule has 3 unspecified atom stereocenters. The van der Waals surface area contributed by atoms with Crippen molar-refractivity contribution in [1.82, 2.24) is 0 Å². The van der Waals surface area contributed by atoms with Crippen molar-refractivity contribution < 1.29 is 60.0 Å². The molecule has 4 fully saturated rings. The van der Waals surface area contributed by atoms with E-state index in [0.717, 1.165) is 0 Å². The first-order valence-corrected chi connectivity index (χ1v) is 12.5. The molecule has 4 rings (SSSR count). The van der Waals surface area contributed by atoms with Gasteiger partial charge in [0.15, 0.2) is 6.61 Å². The normalized spacial score (nSPS) is 33.6. The molecular weight excluding hydrogens is 617 g/mol. The maximum absolute atomic E-state index is 12.8. The van der Waals surface area contributed by atoms with Gasteiger partial charge in [-0.1, -0.05) is 29.5 Å². The monoisotopic (exact) mass is 644 g/mol. The summed E-state index contributed by atoms with van der Waals surface area (Å²) in [6, 6.07) is 0. The molecule has 4 aliphatic carbocycles. The van der Waals surface area contributed by atoms with Crippen molar-refractivity contribution in [2.24, 2.45) is 17.8 Å². The summed E-state index contributed by atoms with van der Waals surface area (Å²) >= 11 is 2.03. The summed E-state index contributed by atoms with van der Waals surface area (Å²) in [5, 5.41) is 9.06. The maximum atomic E-state index is 12.8. The maximum Gasteiger partial charge on any atom is 0.437 e. The van der Waals surface area contributed by atoms with Crippen molar-refractivity contribution in [3.63, 3.8) is 0 Å². The number of carbonyl (C=O) groups is 3. The lowest BCUT2D eigenvalue weighted by Crippen LogP contribution is -2.65. The zero-order valence-corrected chi connectivity index (χ0v) is 21.9. The Morgan fingerprint density at radius 3 is 1.89 bits per heavy atom. The van der Waals surface area contributed by atoms with Crippen LogP contribution in [0, 0.1) is 17.8 Å². The number of alkyl halides is 7. The van der Waals surface area contributed by atoms with Crippen molar-refractivity contribution in [3.05, 3.63) is 0 Å². The van der Waals surface area contributed by atoms with Gasteiger partial charge in [-0.3, -0.25) is 4.79 Å². The molecule has 14 heteroatoms. The molecule has 0 aromatic heterocycles. The molecule has 3 atom stereocenters. The number of halogens is 7. The molecule has 0 amide bonds. The van der Waals surface area contributed by atoms with Gasteiger partial charge in [0.25, 0.3) is 0 Å². The van der Waals surface area contributed by atoms with E-state index >= 15 is 0 Å². The summed E-state index contributed by atoms with van der Waals surface area (Å²) in [7, 11) is 0. The van der Waals surface area contributed by atoms with E-state index in [9.17, 15) is 40.7 Å². The van der Waals surface area contributed by atoms with Crippen molar-refractivity contribution in [2.45, 2.75) is 91.9 Å². The smallest absolute Gasteiger partial charge is 0.437 e. The van der Waals surface area contributed by atoms with Crippen molar-refractivity contribution >= 4 is 40.5 Å². The number of ether oxygens (including phenoxy) is 3. The SMILES string of the molecule is CCC(C)(I)C(=O)OC12CC3CC(C1)C(C)(OC(=O)COC(=O)C(O)(C(F)(F)F)C(F)(F)F)C(C3)C2. The van der Waals surface area contributed by atoms with E-state index in [2.05, 4.69) is 4.74 Å². The van der Waals surface area contributed by atoms with Crippen LogP contribution in [0.15, 0.2) is 0 Å². The van der Waals surface area contributed by atoms with Gasteiger partial charge in [0.05, 0.1) is 0 Å². The van der Waals surface area contributed by atoms with Gasteiger partial charge in [-0.25, -0.2) is 9.59 Å². The van der Waals surface area contributed by atoms with E-state index in [1.807, 2.05) is 29.5 Å². The van der Waals surface area contributed by atoms with E-state index in [4.69, 9.17) is 14.6 Å². The van der Waals surface area contributed by atoms with Crippen molar-refractivity contribution in [3.8, 4) is 0 Å². The molecule has 0 aromatic rings. The van der Waals surface area contributed by atoms with Crippen LogP contribution in [0.1, 0.15) is 59.3 Å². The van der Waals surface area contributed by atoms with E-state index in [1.165, 1.54) is 0 Å². The van der Waals surface area contributed by atoms with Crippen LogP contribution in [0.25, 0.3) is 0 Å². The number of aliphatic hydroxyl groups is 1. The van der Waals surface area contributed by atoms with Crippen LogP contribution < -0.4 is 0 Å². The molecule has 0 saturated heterocycles. The minimum Gasteiger partial charge on any atom is -0.458 e. The number of hydrogen-bond donors (Lipinski definition) is 1. The Hall–Kier alpha value is -1.32. The molecule has 0 heterocycles. The highest BCUT2D eigenvalue weighted by Crippen LogP contribution is 2.62. The van der Waals surface area contributed by atoms with Crippen LogP contribution in [0.3, 0.4) is 0 Å². The van der Waals surface area contributed by atoms with Gasteiger partial charge in [0.1, 0.15) is 14.6 Å². The lowest BCUT2D eigenvalue weighted by Gasteiger charge is -2.62. The molecule has 1 N–H and O–H groups in total. The lowest BCUT2D eigenvalue weighted by atomic mass is 9.48. The average molecular weight is 644 g/mol. The third kappa shape index (κ3) is 4.92. The number of esters is 3. The van der Waals surface area contributed by atoms with E-state index < -0.39 is 51.1 Å². The second-order valence-electron chi connectivity index (χ2n) is 10.4. The second-order valence-corrected chi connectivity index (χ2v) is 12.8. The quantitative estimate of drug-likeness (QED) is 0.144. The minimum atomic E-state index is -6.42. The summed E-state index contributed by atoms with van der Waals surface area (Å²) in [6.45, 7) is 3.70. The van der Waals surface area contributed by atoms with Gasteiger partial charge >= 0.3 is 35.9 Å². The summed E-state index contributed by atoms with van der Waals surface area (Å²) < 4.78 is 91.5. The van der Waals surface area contributed by atoms with Gasteiger partial charge in [0.2, 0.25) is 0 Å². The Labute approximate surface area is 216 Å². The average Bonchev–Trinajstić information content (AvgIpc) is 2.73. The third-order valence-corrected chi connectivity index (χ3v) is 9.13. The zero-order chi connectivity index (χ0) is 27.5. The lowest BCUT2D eigenvalue weighted by molar-refractivity contribution is -0.357. The van der Waals surface area contributed by atoms with Crippen molar-refractivity contribution in [1.29, 1.82) is 0 Å². The molecule has 4 aliphatic rings. The fourth-order valence-corrected chi connectivity index (χ4v) is 5.86. The minimum absolute atomic E-state index is 0.204. The standard InChI is InChI=1S/C22H27F6IO7/c1-4-17(2,29)15(31)36-19-7-11-5-12(8-19)18(3,13(6-11)9-19)35-14(30)10-34-16(32)20(33,21(23,24)25)22(26,27)28/h11-13,33H,4-10H2,1-3H3. The molecule has 36 heavy (non-hydrogen) atoms. The van der Waals surface area contributed by atoms with E-state index in [-0.39, 0.29) is 23.7 Å². The highest BCUT2D eigenvalue weighted by Gasteiger charge is 2.77. The summed E-state index contributed by atoms with van der Waals surface area (Å²) in [5.41, 5.74) is -7.66. The van der Waals surface area contributed by atoms with Gasteiger partial charge in [0, 0.05) is 11.8 Å². The number of hydrogen-bond acceptors (Lipinski definition) is 7. The fourth-order valence-electron chi connectivity index (χ4n) is 5.75. The Balaban J connectivity index is 1.68. The highest BCUT2D eigenvalue weighted by atomic mass is 127. The topological polar surface area (TPSA) is 99.1 Å². The van der Waals surface area contributed by atoms with Gasteiger partial charge in [-0.15, -0.1) is 0 Å². The fraction of sp³-hybridized carbons (Fsp3) is 0.864. The molecule has 0 radical (unpaired) electrons. The highest BCUT2D eigenvalue weighted by molar-refractivity contribution is 14.1. The zero-order valence-electron chi connectivity index (χ0n) is 19.7. The van der Waals surface area contributed by atoms with Crippen LogP contribution in [-0.2, 0) is 28.6 Å². The largest absolute Gasteiger partial charge is 0.458 e. The summed E-state index contributed by atoms with van der Waals surface area (Å²) in [4.78, 5) is 36.7. The van der Waals surface area contributed by atoms with Crippen LogP contribution in [-0.4, -0.2) is 62.2 Å². The first-order valence-electron chi connectivity index (χ1n) is 11.4.